The second-order valence-electron chi connectivity index (χ2n) is 7.13. The lowest BCUT2D eigenvalue weighted by molar-refractivity contribution is 0.0929. The third-order valence-corrected chi connectivity index (χ3v) is 5.81. The minimum Gasteiger partial charge on any atom is -0.496 e. The van der Waals surface area contributed by atoms with Crippen LogP contribution >= 0.6 is 24.0 Å². The summed E-state index contributed by atoms with van der Waals surface area (Å²) in [7, 11) is 1.52. The first kappa shape index (κ1) is 20.7. The number of hydrogen-bond acceptors (Lipinski definition) is 4. The van der Waals surface area contributed by atoms with Crippen molar-refractivity contribution < 1.29 is 9.53 Å². The molecule has 0 radical (unpaired) electrons. The van der Waals surface area contributed by atoms with Crippen LogP contribution in [-0.4, -0.2) is 37.2 Å². The first-order chi connectivity index (χ1) is 13.1. The van der Waals surface area contributed by atoms with Crippen LogP contribution in [0.15, 0.2) is 41.2 Å². The Kier molecular flexibility index (Phi) is 6.33. The molecule has 1 saturated heterocycles. The predicted octanol–water partition coefficient (Wildman–Crippen LogP) is 2.61. The third kappa shape index (κ3) is 3.77. The number of hydrogen-bond donors (Lipinski definition) is 2. The number of pyridine rings is 1. The minimum absolute atomic E-state index is 0. The zero-order chi connectivity index (χ0) is 19.0. The maximum atomic E-state index is 12.7. The number of piperidine rings is 1. The van der Waals surface area contributed by atoms with Crippen LogP contribution in [0.3, 0.4) is 0 Å². The SMILES string of the molecule is COc1ccc(Cl)cc1C(=O)NC[C@H]1[C@@H]2CNC[C@@H](C2)c2cccc(=O)n21.Cl. The van der Waals surface area contributed by atoms with Crippen molar-refractivity contribution in [3.05, 3.63) is 63.0 Å². The average molecular weight is 424 g/mol. The van der Waals surface area contributed by atoms with Gasteiger partial charge in [0.25, 0.3) is 11.5 Å². The molecule has 150 valence electrons. The van der Waals surface area contributed by atoms with Gasteiger partial charge in [-0.05, 0) is 36.6 Å². The van der Waals surface area contributed by atoms with Gasteiger partial charge in [0, 0.05) is 42.3 Å². The maximum absolute atomic E-state index is 12.7. The standard InChI is InChI=1S/C20H22ClN3O3.ClH/c1-27-18-6-5-14(21)8-15(18)20(26)23-11-17-13-7-12(9-22-10-13)16-3-2-4-19(25)24(16)17;/h2-6,8,12-13,17,22H,7,9-11H2,1H3,(H,23,26);1H/t12-,13+,17+;/m1./s1. The average Bonchev–Trinajstić information content (AvgIpc) is 2.68. The fourth-order valence-electron chi connectivity index (χ4n) is 4.32. The number of halogens is 2. The van der Waals surface area contributed by atoms with Crippen molar-refractivity contribution in [3.8, 4) is 5.75 Å². The molecule has 0 saturated carbocycles. The highest BCUT2D eigenvalue weighted by molar-refractivity contribution is 6.31. The van der Waals surface area contributed by atoms with Crippen molar-refractivity contribution in [1.82, 2.24) is 15.2 Å². The summed E-state index contributed by atoms with van der Waals surface area (Å²) in [4.78, 5) is 25.3. The monoisotopic (exact) mass is 423 g/mol. The molecule has 2 bridgehead atoms. The summed E-state index contributed by atoms with van der Waals surface area (Å²) in [6, 6.07) is 10.3. The molecule has 3 atom stereocenters. The van der Waals surface area contributed by atoms with Gasteiger partial charge in [0.15, 0.2) is 0 Å². The number of methoxy groups -OCH3 is 1. The molecule has 0 spiro atoms. The summed E-state index contributed by atoms with van der Waals surface area (Å²) in [5, 5.41) is 6.91. The second-order valence-corrected chi connectivity index (χ2v) is 7.57. The highest BCUT2D eigenvalue weighted by atomic mass is 35.5. The molecule has 4 rings (SSSR count). The first-order valence-corrected chi connectivity index (χ1v) is 9.50. The molecule has 3 heterocycles. The summed E-state index contributed by atoms with van der Waals surface area (Å²) in [6.07, 6.45) is 1.03. The van der Waals surface area contributed by atoms with E-state index in [0.717, 1.165) is 25.2 Å². The van der Waals surface area contributed by atoms with Gasteiger partial charge in [-0.2, -0.15) is 0 Å². The lowest BCUT2D eigenvalue weighted by atomic mass is 9.79. The third-order valence-electron chi connectivity index (χ3n) is 5.58. The van der Waals surface area contributed by atoms with Gasteiger partial charge in [0.2, 0.25) is 0 Å². The fourth-order valence-corrected chi connectivity index (χ4v) is 4.49. The number of fused-ring (bicyclic) bond motifs is 4. The lowest BCUT2D eigenvalue weighted by Crippen LogP contribution is -2.50. The summed E-state index contributed by atoms with van der Waals surface area (Å²) >= 11 is 6.03. The van der Waals surface area contributed by atoms with Gasteiger partial charge in [-0.1, -0.05) is 17.7 Å². The Labute approximate surface area is 174 Å². The summed E-state index contributed by atoms with van der Waals surface area (Å²) in [5.41, 5.74) is 1.43. The van der Waals surface area contributed by atoms with Crippen molar-refractivity contribution >= 4 is 29.9 Å². The summed E-state index contributed by atoms with van der Waals surface area (Å²) in [6.45, 7) is 2.11. The normalized spacial score (nSPS) is 22.6. The van der Waals surface area contributed by atoms with E-state index in [4.69, 9.17) is 16.3 Å². The van der Waals surface area contributed by atoms with E-state index in [2.05, 4.69) is 10.6 Å². The van der Waals surface area contributed by atoms with Gasteiger partial charge in [-0.3, -0.25) is 9.59 Å². The smallest absolute Gasteiger partial charge is 0.255 e. The van der Waals surface area contributed by atoms with Crippen LogP contribution in [0.25, 0.3) is 0 Å². The summed E-state index contributed by atoms with van der Waals surface area (Å²) < 4.78 is 7.14. The van der Waals surface area contributed by atoms with E-state index < -0.39 is 0 Å². The summed E-state index contributed by atoms with van der Waals surface area (Å²) in [5.74, 6) is 0.860. The van der Waals surface area contributed by atoms with Crippen molar-refractivity contribution in [2.24, 2.45) is 5.92 Å². The molecule has 8 heteroatoms. The molecule has 1 aromatic carbocycles. The van der Waals surface area contributed by atoms with Crippen LogP contribution in [0.5, 0.6) is 5.75 Å². The molecule has 2 aliphatic heterocycles. The first-order valence-electron chi connectivity index (χ1n) is 9.12. The number of carbonyl (C=O) groups excluding carboxylic acids is 1. The lowest BCUT2D eigenvalue weighted by Gasteiger charge is -2.43. The maximum Gasteiger partial charge on any atom is 0.255 e. The largest absolute Gasteiger partial charge is 0.496 e. The number of carbonyl (C=O) groups is 1. The molecular formula is C20H23Cl2N3O3. The van der Waals surface area contributed by atoms with Crippen molar-refractivity contribution in [3.63, 3.8) is 0 Å². The number of amides is 1. The molecule has 28 heavy (non-hydrogen) atoms. The quantitative estimate of drug-likeness (QED) is 0.792. The Balaban J connectivity index is 0.00000225. The molecule has 2 aliphatic rings. The van der Waals surface area contributed by atoms with E-state index in [1.165, 1.54) is 7.11 Å². The molecule has 1 amide bonds. The molecule has 0 aliphatic carbocycles. The molecule has 1 aromatic heterocycles. The van der Waals surface area contributed by atoms with Crippen LogP contribution in [-0.2, 0) is 0 Å². The van der Waals surface area contributed by atoms with Gasteiger partial charge in [-0.15, -0.1) is 12.4 Å². The van der Waals surface area contributed by atoms with Gasteiger partial charge in [-0.25, -0.2) is 0 Å². The van der Waals surface area contributed by atoms with Crippen molar-refractivity contribution in [2.45, 2.75) is 18.4 Å². The van der Waals surface area contributed by atoms with Crippen LogP contribution in [0, 0.1) is 5.92 Å². The Hall–Kier alpha value is -2.02. The molecule has 2 N–H and O–H groups in total. The second kappa shape index (κ2) is 8.55. The van der Waals surface area contributed by atoms with Gasteiger partial charge in [0.1, 0.15) is 5.75 Å². The van der Waals surface area contributed by atoms with E-state index in [0.29, 0.717) is 34.7 Å². The van der Waals surface area contributed by atoms with E-state index in [-0.39, 0.29) is 29.9 Å². The molecule has 6 nitrogen and oxygen atoms in total. The number of ether oxygens (including phenoxy) is 1. The van der Waals surface area contributed by atoms with E-state index >= 15 is 0 Å². The van der Waals surface area contributed by atoms with Crippen LogP contribution in [0.1, 0.15) is 34.4 Å². The molecule has 2 aromatic rings. The highest BCUT2D eigenvalue weighted by Gasteiger charge is 2.37. The molecule has 1 fully saturated rings. The predicted molar refractivity (Wildman–Crippen MR) is 111 cm³/mol. The molecular weight excluding hydrogens is 401 g/mol. The number of rotatable bonds is 4. The van der Waals surface area contributed by atoms with Crippen LogP contribution < -0.4 is 20.9 Å². The minimum atomic E-state index is -0.259. The number of benzene rings is 1. The van der Waals surface area contributed by atoms with E-state index in [9.17, 15) is 9.59 Å². The number of nitrogens with zero attached hydrogens (tertiary/aromatic N) is 1. The zero-order valence-corrected chi connectivity index (χ0v) is 17.1. The van der Waals surface area contributed by atoms with Gasteiger partial charge >= 0.3 is 0 Å². The number of nitrogens with one attached hydrogen (secondary N) is 2. The Bertz CT molecular complexity index is 931. The zero-order valence-electron chi connectivity index (χ0n) is 15.5. The Morgan fingerprint density at radius 2 is 2.14 bits per heavy atom. The fraction of sp³-hybridized carbons (Fsp3) is 0.400. The Morgan fingerprint density at radius 3 is 2.93 bits per heavy atom. The van der Waals surface area contributed by atoms with Crippen LogP contribution in [0.2, 0.25) is 5.02 Å². The van der Waals surface area contributed by atoms with Crippen molar-refractivity contribution in [1.29, 1.82) is 0 Å². The van der Waals surface area contributed by atoms with Crippen LogP contribution in [0.4, 0.5) is 0 Å². The van der Waals surface area contributed by atoms with Gasteiger partial charge in [0.05, 0.1) is 18.7 Å². The van der Waals surface area contributed by atoms with Crippen molar-refractivity contribution in [2.75, 3.05) is 26.7 Å². The van der Waals surface area contributed by atoms with E-state index in [1.807, 2.05) is 16.7 Å². The Morgan fingerprint density at radius 1 is 1.32 bits per heavy atom. The van der Waals surface area contributed by atoms with E-state index in [1.54, 1.807) is 24.3 Å². The number of aromatic nitrogens is 1. The topological polar surface area (TPSA) is 72.4 Å². The molecule has 0 unspecified atom stereocenters. The highest BCUT2D eigenvalue weighted by Crippen LogP contribution is 2.38. The van der Waals surface area contributed by atoms with Gasteiger partial charge < -0.3 is 19.9 Å².